The number of allylic oxidation sites excluding steroid dienone is 1. The molecule has 0 unspecified atom stereocenters. The minimum absolute atomic E-state index is 0.473. The van der Waals surface area contributed by atoms with E-state index in [2.05, 4.69) is 16.7 Å². The molecule has 52 valence electrons. The summed E-state index contributed by atoms with van der Waals surface area (Å²) in [5.74, 6) is 0.473. The van der Waals surface area contributed by atoms with Gasteiger partial charge in [0.1, 0.15) is 6.29 Å². The number of nitrogens with zero attached hydrogens (tertiary/aromatic N) is 2. The SMILES string of the molecule is C=NC1=C(C=O)CCC=N1. The third-order valence-electron chi connectivity index (χ3n) is 1.34. The van der Waals surface area contributed by atoms with Gasteiger partial charge in [0.05, 0.1) is 0 Å². The zero-order chi connectivity index (χ0) is 7.40. The molecule has 0 atom stereocenters. The molecule has 0 fully saturated rings. The molecule has 0 N–H and O–H groups in total. The van der Waals surface area contributed by atoms with E-state index in [4.69, 9.17) is 0 Å². The van der Waals surface area contributed by atoms with Gasteiger partial charge in [-0.15, -0.1) is 0 Å². The molecule has 0 saturated carbocycles. The molecule has 0 aromatic rings. The molecular weight excluding hydrogens is 128 g/mol. The lowest BCUT2D eigenvalue weighted by atomic mass is 10.1. The van der Waals surface area contributed by atoms with Crippen molar-refractivity contribution in [2.24, 2.45) is 9.98 Å². The standard InChI is InChI=1S/C7H8N2O/c1-8-7-6(5-10)3-2-4-9-7/h4-5H,1-3H2. The van der Waals surface area contributed by atoms with Crippen molar-refractivity contribution < 1.29 is 4.79 Å². The highest BCUT2D eigenvalue weighted by atomic mass is 16.1. The van der Waals surface area contributed by atoms with Crippen molar-refractivity contribution in [3.8, 4) is 0 Å². The first-order valence-electron chi connectivity index (χ1n) is 3.06. The van der Waals surface area contributed by atoms with E-state index in [1.54, 1.807) is 6.21 Å². The molecular formula is C7H8N2O. The van der Waals surface area contributed by atoms with Crippen LogP contribution in [0.4, 0.5) is 0 Å². The normalized spacial score (nSPS) is 17.2. The van der Waals surface area contributed by atoms with Crippen molar-refractivity contribution in [3.63, 3.8) is 0 Å². The van der Waals surface area contributed by atoms with Crippen LogP contribution in [0.3, 0.4) is 0 Å². The number of rotatable bonds is 2. The zero-order valence-electron chi connectivity index (χ0n) is 5.58. The molecule has 0 amide bonds. The fraction of sp³-hybridized carbons (Fsp3) is 0.286. The van der Waals surface area contributed by atoms with Gasteiger partial charge in [0.15, 0.2) is 5.82 Å². The third kappa shape index (κ3) is 1.18. The minimum atomic E-state index is 0.473. The Hall–Kier alpha value is -1.25. The molecule has 10 heavy (non-hydrogen) atoms. The van der Waals surface area contributed by atoms with Crippen molar-refractivity contribution in [2.75, 3.05) is 0 Å². The van der Waals surface area contributed by atoms with Crippen molar-refractivity contribution in [2.45, 2.75) is 12.8 Å². The predicted octanol–water partition coefficient (Wildman–Crippen LogP) is 0.962. The summed E-state index contributed by atoms with van der Waals surface area (Å²) in [7, 11) is 0. The van der Waals surface area contributed by atoms with E-state index in [1.165, 1.54) is 0 Å². The van der Waals surface area contributed by atoms with Crippen LogP contribution in [0.1, 0.15) is 12.8 Å². The van der Waals surface area contributed by atoms with E-state index in [9.17, 15) is 4.79 Å². The lowest BCUT2D eigenvalue weighted by molar-refractivity contribution is -0.105. The van der Waals surface area contributed by atoms with E-state index >= 15 is 0 Å². The van der Waals surface area contributed by atoms with Gasteiger partial charge in [-0.25, -0.2) is 9.98 Å². The molecule has 1 rings (SSSR count). The van der Waals surface area contributed by atoms with Crippen LogP contribution in [0.15, 0.2) is 21.4 Å². The molecule has 1 heterocycles. The molecule has 0 bridgehead atoms. The van der Waals surface area contributed by atoms with E-state index in [0.717, 1.165) is 19.1 Å². The maximum absolute atomic E-state index is 10.3. The van der Waals surface area contributed by atoms with Gasteiger partial charge in [-0.1, -0.05) is 0 Å². The predicted molar refractivity (Wildman–Crippen MR) is 40.4 cm³/mol. The summed E-state index contributed by atoms with van der Waals surface area (Å²) in [5.41, 5.74) is 0.650. The third-order valence-corrected chi connectivity index (χ3v) is 1.34. The van der Waals surface area contributed by atoms with E-state index in [-0.39, 0.29) is 0 Å². The maximum atomic E-state index is 10.3. The summed E-state index contributed by atoms with van der Waals surface area (Å²) in [5, 5.41) is 0. The van der Waals surface area contributed by atoms with Crippen LogP contribution in [0.25, 0.3) is 0 Å². The van der Waals surface area contributed by atoms with Crippen molar-refractivity contribution in [1.29, 1.82) is 0 Å². The summed E-state index contributed by atoms with van der Waals surface area (Å²) in [6, 6.07) is 0. The molecule has 0 spiro atoms. The second kappa shape index (κ2) is 3.06. The summed E-state index contributed by atoms with van der Waals surface area (Å²) in [6.45, 7) is 3.30. The first-order chi connectivity index (χ1) is 4.88. The molecule has 0 radical (unpaired) electrons. The second-order valence-electron chi connectivity index (χ2n) is 1.98. The van der Waals surface area contributed by atoms with Crippen molar-refractivity contribution in [1.82, 2.24) is 0 Å². The number of hydrogen-bond acceptors (Lipinski definition) is 3. The molecule has 0 aromatic heterocycles. The highest BCUT2D eigenvalue weighted by Crippen LogP contribution is 2.14. The Morgan fingerprint density at radius 1 is 1.80 bits per heavy atom. The Labute approximate surface area is 59.2 Å². The van der Waals surface area contributed by atoms with E-state index < -0.39 is 0 Å². The Morgan fingerprint density at radius 2 is 2.60 bits per heavy atom. The van der Waals surface area contributed by atoms with Gasteiger partial charge in [0, 0.05) is 11.8 Å². The van der Waals surface area contributed by atoms with Gasteiger partial charge in [-0.2, -0.15) is 0 Å². The van der Waals surface area contributed by atoms with Crippen molar-refractivity contribution >= 4 is 19.2 Å². The second-order valence-corrected chi connectivity index (χ2v) is 1.98. The highest BCUT2D eigenvalue weighted by molar-refractivity contribution is 5.78. The quantitative estimate of drug-likeness (QED) is 0.412. The highest BCUT2D eigenvalue weighted by Gasteiger charge is 2.05. The number of aldehydes is 1. The Kier molecular flexibility index (Phi) is 2.10. The Morgan fingerprint density at radius 3 is 3.10 bits per heavy atom. The van der Waals surface area contributed by atoms with Crippen LogP contribution in [0, 0.1) is 0 Å². The first-order valence-corrected chi connectivity index (χ1v) is 3.06. The summed E-state index contributed by atoms with van der Waals surface area (Å²) in [6.07, 6.45) is 4.10. The fourth-order valence-corrected chi connectivity index (χ4v) is 0.820. The van der Waals surface area contributed by atoms with Gasteiger partial charge in [-0.05, 0) is 19.6 Å². The number of carbonyl (C=O) groups excluding carboxylic acids is 1. The number of aliphatic imine (C=N–C) groups is 2. The fourth-order valence-electron chi connectivity index (χ4n) is 0.820. The molecule has 3 heteroatoms. The summed E-state index contributed by atoms with van der Waals surface area (Å²) in [4.78, 5) is 17.8. The average Bonchev–Trinajstić information content (AvgIpc) is 2.04. The number of carbonyl (C=O) groups is 1. The van der Waals surface area contributed by atoms with Crippen LogP contribution in [0.2, 0.25) is 0 Å². The van der Waals surface area contributed by atoms with E-state index in [1.807, 2.05) is 0 Å². The van der Waals surface area contributed by atoms with Gasteiger partial charge in [-0.3, -0.25) is 4.79 Å². The van der Waals surface area contributed by atoms with Gasteiger partial charge in [0.2, 0.25) is 0 Å². The minimum Gasteiger partial charge on any atom is -0.298 e. The molecule has 1 aliphatic heterocycles. The molecule has 0 aromatic carbocycles. The Balaban J connectivity index is 2.94. The number of hydrogen-bond donors (Lipinski definition) is 0. The maximum Gasteiger partial charge on any atom is 0.157 e. The smallest absolute Gasteiger partial charge is 0.157 e. The van der Waals surface area contributed by atoms with Crippen LogP contribution in [-0.4, -0.2) is 19.2 Å². The molecule has 0 aliphatic carbocycles. The molecule has 1 aliphatic rings. The van der Waals surface area contributed by atoms with Gasteiger partial charge >= 0.3 is 0 Å². The summed E-state index contributed by atoms with van der Waals surface area (Å²) < 4.78 is 0. The average molecular weight is 136 g/mol. The van der Waals surface area contributed by atoms with Crippen LogP contribution >= 0.6 is 0 Å². The monoisotopic (exact) mass is 136 g/mol. The molecule has 3 nitrogen and oxygen atoms in total. The first kappa shape index (κ1) is 6.86. The topological polar surface area (TPSA) is 41.8 Å². The summed E-state index contributed by atoms with van der Waals surface area (Å²) >= 11 is 0. The lowest BCUT2D eigenvalue weighted by Crippen LogP contribution is -1.96. The van der Waals surface area contributed by atoms with Crippen LogP contribution in [-0.2, 0) is 4.79 Å². The Bertz CT molecular complexity index is 216. The van der Waals surface area contributed by atoms with Gasteiger partial charge in [0.25, 0.3) is 0 Å². The van der Waals surface area contributed by atoms with Crippen LogP contribution < -0.4 is 0 Å². The molecule has 0 saturated heterocycles. The van der Waals surface area contributed by atoms with E-state index in [0.29, 0.717) is 11.4 Å². The van der Waals surface area contributed by atoms with Crippen LogP contribution in [0.5, 0.6) is 0 Å². The largest absolute Gasteiger partial charge is 0.298 e. The van der Waals surface area contributed by atoms with Crippen molar-refractivity contribution in [3.05, 3.63) is 11.4 Å². The van der Waals surface area contributed by atoms with Gasteiger partial charge < -0.3 is 0 Å². The lowest BCUT2D eigenvalue weighted by Gasteiger charge is -2.03. The zero-order valence-corrected chi connectivity index (χ0v) is 5.58.